The van der Waals surface area contributed by atoms with Gasteiger partial charge in [-0.3, -0.25) is 10.1 Å². The number of nitrogens with two attached hydrogens (primary N) is 1. The summed E-state index contributed by atoms with van der Waals surface area (Å²) >= 11 is 0. The summed E-state index contributed by atoms with van der Waals surface area (Å²) < 4.78 is 10.2. The molecule has 1 aromatic carbocycles. The molecule has 21 heavy (non-hydrogen) atoms. The average Bonchev–Trinajstić information content (AvgIpc) is 3.28. The van der Waals surface area contributed by atoms with Crippen LogP contribution in [-0.4, -0.2) is 30.1 Å². The topological polar surface area (TPSA) is 105 Å². The van der Waals surface area contributed by atoms with Crippen molar-refractivity contribution in [1.29, 1.82) is 0 Å². The number of hydrogen-bond donors (Lipinski definition) is 1. The number of hydrogen-bond acceptors (Lipinski definition) is 6. The average molecular weight is 294 g/mol. The van der Waals surface area contributed by atoms with Crippen LogP contribution < -0.4 is 10.5 Å². The van der Waals surface area contributed by atoms with Gasteiger partial charge < -0.3 is 15.2 Å². The van der Waals surface area contributed by atoms with E-state index in [0.717, 1.165) is 18.4 Å². The van der Waals surface area contributed by atoms with Crippen molar-refractivity contribution in [3.63, 3.8) is 0 Å². The van der Waals surface area contributed by atoms with Crippen LogP contribution in [0.2, 0.25) is 0 Å². The molecule has 1 aliphatic carbocycles. The van der Waals surface area contributed by atoms with Gasteiger partial charge in [0.05, 0.1) is 12.0 Å². The first-order valence-corrected chi connectivity index (χ1v) is 6.63. The van der Waals surface area contributed by atoms with Gasteiger partial charge in [-0.25, -0.2) is 4.79 Å². The van der Waals surface area contributed by atoms with Gasteiger partial charge in [0.15, 0.2) is 11.3 Å². The lowest BCUT2D eigenvalue weighted by atomic mass is 9.96. The number of nitro groups is 1. The number of benzene rings is 1. The first-order chi connectivity index (χ1) is 9.88. The highest BCUT2D eigenvalue weighted by molar-refractivity contribution is 5.81. The molecule has 7 nitrogen and oxygen atoms in total. The van der Waals surface area contributed by atoms with Crippen molar-refractivity contribution in [2.45, 2.75) is 25.3 Å². The molecule has 1 atom stereocenters. The lowest BCUT2D eigenvalue weighted by Gasteiger charge is -2.26. The zero-order valence-corrected chi connectivity index (χ0v) is 12.0. The van der Waals surface area contributed by atoms with Gasteiger partial charge in [0.1, 0.15) is 6.61 Å². The van der Waals surface area contributed by atoms with Crippen molar-refractivity contribution < 1.29 is 19.2 Å². The van der Waals surface area contributed by atoms with Crippen LogP contribution in [0.4, 0.5) is 5.69 Å². The SMILES string of the molecule is COC(=O)C(N)(COc1cc(C)ccc1[N+](=O)[O-])C1CC1. The fourth-order valence-electron chi connectivity index (χ4n) is 2.22. The summed E-state index contributed by atoms with van der Waals surface area (Å²) in [6.45, 7) is 1.65. The van der Waals surface area contributed by atoms with Crippen LogP contribution in [0.3, 0.4) is 0 Å². The van der Waals surface area contributed by atoms with Gasteiger partial charge in [-0.1, -0.05) is 6.07 Å². The molecule has 1 saturated carbocycles. The Kier molecular flexibility index (Phi) is 4.13. The van der Waals surface area contributed by atoms with Gasteiger partial charge in [-0.05, 0) is 37.3 Å². The van der Waals surface area contributed by atoms with Crippen molar-refractivity contribution in [2.75, 3.05) is 13.7 Å². The van der Waals surface area contributed by atoms with Gasteiger partial charge in [-0.15, -0.1) is 0 Å². The third-order valence-electron chi connectivity index (χ3n) is 3.65. The molecule has 0 amide bonds. The smallest absolute Gasteiger partial charge is 0.329 e. The van der Waals surface area contributed by atoms with Gasteiger partial charge in [-0.2, -0.15) is 0 Å². The minimum atomic E-state index is -1.26. The molecule has 2 rings (SSSR count). The predicted molar refractivity (Wildman–Crippen MR) is 75.0 cm³/mol. The van der Waals surface area contributed by atoms with E-state index < -0.39 is 16.4 Å². The molecule has 0 heterocycles. The van der Waals surface area contributed by atoms with E-state index in [1.165, 1.54) is 13.2 Å². The first kappa shape index (κ1) is 15.2. The van der Waals surface area contributed by atoms with E-state index in [9.17, 15) is 14.9 Å². The van der Waals surface area contributed by atoms with Crippen molar-refractivity contribution in [3.8, 4) is 5.75 Å². The summed E-state index contributed by atoms with van der Waals surface area (Å²) in [5.41, 5.74) is 5.51. The predicted octanol–water partition coefficient (Wildman–Crippen LogP) is 1.56. The summed E-state index contributed by atoms with van der Waals surface area (Å²) in [6.07, 6.45) is 1.65. The highest BCUT2D eigenvalue weighted by Crippen LogP contribution is 2.40. The number of carbonyl (C=O) groups is 1. The molecular formula is C14H18N2O5. The van der Waals surface area contributed by atoms with Gasteiger partial charge in [0.2, 0.25) is 0 Å². The van der Waals surface area contributed by atoms with E-state index in [-0.39, 0.29) is 24.0 Å². The molecule has 0 radical (unpaired) electrons. The highest BCUT2D eigenvalue weighted by atomic mass is 16.6. The maximum absolute atomic E-state index is 11.9. The molecule has 1 aliphatic rings. The van der Waals surface area contributed by atoms with Crippen LogP contribution in [-0.2, 0) is 9.53 Å². The maximum atomic E-state index is 11.9. The number of nitro benzene ring substituents is 1. The van der Waals surface area contributed by atoms with Crippen molar-refractivity contribution in [2.24, 2.45) is 11.7 Å². The molecule has 7 heteroatoms. The Bertz CT molecular complexity index is 570. The molecule has 1 unspecified atom stereocenters. The molecule has 0 aromatic heterocycles. The van der Waals surface area contributed by atoms with Gasteiger partial charge in [0.25, 0.3) is 0 Å². The van der Waals surface area contributed by atoms with Crippen LogP contribution in [0.15, 0.2) is 18.2 Å². The highest BCUT2D eigenvalue weighted by Gasteiger charge is 2.50. The Balaban J connectivity index is 2.20. The van der Waals surface area contributed by atoms with E-state index in [1.54, 1.807) is 19.1 Å². The van der Waals surface area contributed by atoms with Gasteiger partial charge in [0, 0.05) is 6.07 Å². The quantitative estimate of drug-likeness (QED) is 0.485. The van der Waals surface area contributed by atoms with E-state index in [2.05, 4.69) is 0 Å². The molecular weight excluding hydrogens is 276 g/mol. The lowest BCUT2D eigenvalue weighted by Crippen LogP contribution is -2.55. The van der Waals surface area contributed by atoms with E-state index >= 15 is 0 Å². The minimum absolute atomic E-state index is 0.00573. The number of ether oxygens (including phenoxy) is 2. The summed E-state index contributed by atoms with van der Waals surface area (Å²) in [4.78, 5) is 22.3. The second-order valence-electron chi connectivity index (χ2n) is 5.32. The van der Waals surface area contributed by atoms with E-state index in [1.807, 2.05) is 0 Å². The Morgan fingerprint density at radius 2 is 2.19 bits per heavy atom. The Labute approximate surface area is 122 Å². The number of methoxy groups -OCH3 is 1. The molecule has 0 saturated heterocycles. The second-order valence-corrected chi connectivity index (χ2v) is 5.32. The largest absolute Gasteiger partial charge is 0.484 e. The zero-order chi connectivity index (χ0) is 15.6. The fraction of sp³-hybridized carbons (Fsp3) is 0.500. The molecule has 1 fully saturated rings. The summed E-state index contributed by atoms with van der Waals surface area (Å²) in [7, 11) is 1.27. The van der Waals surface area contributed by atoms with Crippen molar-refractivity contribution in [1.82, 2.24) is 0 Å². The molecule has 114 valence electrons. The van der Waals surface area contributed by atoms with Crippen LogP contribution in [0.25, 0.3) is 0 Å². The number of nitrogens with zero attached hydrogens (tertiary/aromatic N) is 1. The van der Waals surface area contributed by atoms with Crippen molar-refractivity contribution >= 4 is 11.7 Å². The maximum Gasteiger partial charge on any atom is 0.329 e. The normalized spacial score (nSPS) is 16.9. The Hall–Kier alpha value is -2.15. The van der Waals surface area contributed by atoms with Crippen molar-refractivity contribution in [3.05, 3.63) is 33.9 Å². The Morgan fingerprint density at radius 1 is 1.52 bits per heavy atom. The molecule has 0 bridgehead atoms. The number of aryl methyl sites for hydroxylation is 1. The summed E-state index contributed by atoms with van der Waals surface area (Å²) in [5, 5.41) is 11.0. The number of carbonyl (C=O) groups excluding carboxylic acids is 1. The van der Waals surface area contributed by atoms with Crippen LogP contribution >= 0.6 is 0 Å². The molecule has 0 spiro atoms. The Morgan fingerprint density at radius 3 is 2.71 bits per heavy atom. The van der Waals surface area contributed by atoms with Crippen LogP contribution in [0, 0.1) is 23.0 Å². The first-order valence-electron chi connectivity index (χ1n) is 6.63. The summed E-state index contributed by atoms with van der Waals surface area (Å²) in [6, 6.07) is 4.56. The van der Waals surface area contributed by atoms with Crippen LogP contribution in [0.5, 0.6) is 5.75 Å². The minimum Gasteiger partial charge on any atom is -0.484 e. The lowest BCUT2D eigenvalue weighted by molar-refractivity contribution is -0.385. The second kappa shape index (κ2) is 5.69. The number of esters is 1. The third-order valence-corrected chi connectivity index (χ3v) is 3.65. The van der Waals surface area contributed by atoms with Crippen LogP contribution in [0.1, 0.15) is 18.4 Å². The summed E-state index contributed by atoms with van der Waals surface area (Å²) in [5.74, 6) is -0.450. The molecule has 1 aromatic rings. The van der Waals surface area contributed by atoms with Gasteiger partial charge >= 0.3 is 11.7 Å². The standard InChI is InChI=1S/C14H18N2O5/c1-9-3-6-11(16(18)19)12(7-9)21-8-14(15,10-4-5-10)13(17)20-2/h3,6-7,10H,4-5,8,15H2,1-2H3. The monoisotopic (exact) mass is 294 g/mol. The molecule has 0 aliphatic heterocycles. The molecule has 2 N–H and O–H groups in total. The van der Waals surface area contributed by atoms with E-state index in [0.29, 0.717) is 0 Å². The number of rotatable bonds is 6. The fourth-order valence-corrected chi connectivity index (χ4v) is 2.22. The third kappa shape index (κ3) is 3.13. The van der Waals surface area contributed by atoms with E-state index in [4.69, 9.17) is 15.2 Å². The zero-order valence-electron chi connectivity index (χ0n) is 12.0.